The van der Waals surface area contributed by atoms with Gasteiger partial charge in [0.05, 0.1) is 0 Å². The molecule has 0 spiro atoms. The Bertz CT molecular complexity index is 274. The van der Waals surface area contributed by atoms with Gasteiger partial charge in [0, 0.05) is 4.88 Å². The fourth-order valence-corrected chi connectivity index (χ4v) is 2.33. The molecule has 1 atom stereocenters. The third-order valence-corrected chi connectivity index (χ3v) is 3.16. The van der Waals surface area contributed by atoms with E-state index in [9.17, 15) is 5.11 Å². The first-order valence-corrected chi connectivity index (χ1v) is 5.16. The summed E-state index contributed by atoms with van der Waals surface area (Å²) in [7, 11) is 0. The standard InChI is InChI=1S/C10H12OS/c11-10(8-4-1-2-5-8)9-6-3-7-12-9/h3-4,6-7,10-11H,1-2,5H2. The molecule has 0 fully saturated rings. The van der Waals surface area contributed by atoms with Crippen molar-refractivity contribution in [2.24, 2.45) is 0 Å². The molecule has 2 rings (SSSR count). The van der Waals surface area contributed by atoms with Gasteiger partial charge in [-0.1, -0.05) is 12.1 Å². The molecular weight excluding hydrogens is 168 g/mol. The molecule has 2 heteroatoms. The Labute approximate surface area is 76.4 Å². The normalized spacial score (nSPS) is 19.2. The zero-order valence-electron chi connectivity index (χ0n) is 6.86. The van der Waals surface area contributed by atoms with Crippen molar-refractivity contribution < 1.29 is 5.11 Å². The molecule has 0 amide bonds. The van der Waals surface area contributed by atoms with Crippen LogP contribution in [0.3, 0.4) is 0 Å². The maximum Gasteiger partial charge on any atom is 0.109 e. The van der Waals surface area contributed by atoms with E-state index in [4.69, 9.17) is 0 Å². The average molecular weight is 180 g/mol. The van der Waals surface area contributed by atoms with Gasteiger partial charge < -0.3 is 5.11 Å². The molecule has 1 heterocycles. The molecule has 1 N–H and O–H groups in total. The van der Waals surface area contributed by atoms with Crippen LogP contribution in [-0.2, 0) is 0 Å². The van der Waals surface area contributed by atoms with Crippen molar-refractivity contribution in [2.75, 3.05) is 0 Å². The summed E-state index contributed by atoms with van der Waals surface area (Å²) in [5.74, 6) is 0. The SMILES string of the molecule is OC(C1=CCCC1)c1cccs1. The van der Waals surface area contributed by atoms with Crippen LogP contribution in [0.15, 0.2) is 29.2 Å². The summed E-state index contributed by atoms with van der Waals surface area (Å²) in [4.78, 5) is 1.07. The van der Waals surface area contributed by atoms with Gasteiger partial charge in [0.25, 0.3) is 0 Å². The largest absolute Gasteiger partial charge is 0.383 e. The van der Waals surface area contributed by atoms with Crippen LogP contribution in [0.25, 0.3) is 0 Å². The zero-order valence-corrected chi connectivity index (χ0v) is 7.68. The Morgan fingerprint density at radius 1 is 1.50 bits per heavy atom. The van der Waals surface area contributed by atoms with Crippen molar-refractivity contribution in [3.05, 3.63) is 34.0 Å². The fourth-order valence-electron chi connectivity index (χ4n) is 1.57. The van der Waals surface area contributed by atoms with Gasteiger partial charge in [0.15, 0.2) is 0 Å². The predicted octanol–water partition coefficient (Wildman–Crippen LogP) is 2.89. The number of allylic oxidation sites excluding steroid dienone is 1. The molecule has 0 aliphatic heterocycles. The van der Waals surface area contributed by atoms with E-state index >= 15 is 0 Å². The van der Waals surface area contributed by atoms with Crippen molar-refractivity contribution >= 4 is 11.3 Å². The summed E-state index contributed by atoms with van der Waals surface area (Å²) in [5.41, 5.74) is 1.21. The van der Waals surface area contributed by atoms with E-state index in [1.165, 1.54) is 12.0 Å². The Kier molecular flexibility index (Phi) is 2.28. The van der Waals surface area contributed by atoms with E-state index in [1.54, 1.807) is 11.3 Å². The number of aliphatic hydroxyl groups excluding tert-OH is 1. The van der Waals surface area contributed by atoms with E-state index in [-0.39, 0.29) is 6.10 Å². The van der Waals surface area contributed by atoms with E-state index in [2.05, 4.69) is 6.08 Å². The molecule has 1 aliphatic rings. The van der Waals surface area contributed by atoms with Gasteiger partial charge in [-0.3, -0.25) is 0 Å². The van der Waals surface area contributed by atoms with Crippen molar-refractivity contribution in [3.63, 3.8) is 0 Å². The monoisotopic (exact) mass is 180 g/mol. The predicted molar refractivity (Wildman–Crippen MR) is 51.2 cm³/mol. The van der Waals surface area contributed by atoms with Crippen LogP contribution in [0.1, 0.15) is 30.2 Å². The fraction of sp³-hybridized carbons (Fsp3) is 0.400. The Morgan fingerprint density at radius 2 is 2.42 bits per heavy atom. The summed E-state index contributed by atoms with van der Waals surface area (Å²) in [5, 5.41) is 11.9. The van der Waals surface area contributed by atoms with Crippen molar-refractivity contribution in [2.45, 2.75) is 25.4 Å². The third kappa shape index (κ3) is 1.45. The second-order valence-corrected chi connectivity index (χ2v) is 4.07. The molecule has 1 aromatic heterocycles. The lowest BCUT2D eigenvalue weighted by atomic mass is 10.1. The molecular formula is C10H12OS. The molecule has 0 aromatic carbocycles. The highest BCUT2D eigenvalue weighted by Crippen LogP contribution is 2.32. The van der Waals surface area contributed by atoms with Crippen LogP contribution in [0.2, 0.25) is 0 Å². The van der Waals surface area contributed by atoms with Gasteiger partial charge in [-0.05, 0) is 36.3 Å². The van der Waals surface area contributed by atoms with Crippen LogP contribution in [0.5, 0.6) is 0 Å². The van der Waals surface area contributed by atoms with E-state index in [0.717, 1.165) is 17.7 Å². The second kappa shape index (κ2) is 3.42. The van der Waals surface area contributed by atoms with E-state index in [1.807, 2.05) is 17.5 Å². The Balaban J connectivity index is 2.14. The number of rotatable bonds is 2. The highest BCUT2D eigenvalue weighted by atomic mass is 32.1. The zero-order chi connectivity index (χ0) is 8.39. The molecule has 1 nitrogen and oxygen atoms in total. The number of thiophene rings is 1. The second-order valence-electron chi connectivity index (χ2n) is 3.09. The lowest BCUT2D eigenvalue weighted by Crippen LogP contribution is -1.96. The molecule has 0 saturated carbocycles. The first-order valence-electron chi connectivity index (χ1n) is 4.28. The van der Waals surface area contributed by atoms with Gasteiger partial charge in [0.1, 0.15) is 6.10 Å². The smallest absolute Gasteiger partial charge is 0.109 e. The summed E-state index contributed by atoms with van der Waals surface area (Å²) in [6.07, 6.45) is 5.26. The van der Waals surface area contributed by atoms with Crippen molar-refractivity contribution in [1.82, 2.24) is 0 Å². The minimum absolute atomic E-state index is 0.326. The highest BCUT2D eigenvalue weighted by Gasteiger charge is 2.16. The maximum absolute atomic E-state index is 9.85. The lowest BCUT2D eigenvalue weighted by molar-refractivity contribution is 0.216. The lowest BCUT2D eigenvalue weighted by Gasteiger charge is -2.08. The summed E-state index contributed by atoms with van der Waals surface area (Å²) in [6.45, 7) is 0. The van der Waals surface area contributed by atoms with Crippen LogP contribution in [0, 0.1) is 0 Å². The summed E-state index contributed by atoms with van der Waals surface area (Å²) in [6, 6.07) is 3.98. The van der Waals surface area contributed by atoms with Crippen LogP contribution in [0.4, 0.5) is 0 Å². The van der Waals surface area contributed by atoms with Crippen LogP contribution < -0.4 is 0 Å². The molecule has 64 valence electrons. The number of aliphatic hydroxyl groups is 1. The quantitative estimate of drug-likeness (QED) is 0.694. The van der Waals surface area contributed by atoms with Gasteiger partial charge in [-0.15, -0.1) is 11.3 Å². The van der Waals surface area contributed by atoms with Crippen molar-refractivity contribution in [1.29, 1.82) is 0 Å². The summed E-state index contributed by atoms with van der Waals surface area (Å²) < 4.78 is 0. The van der Waals surface area contributed by atoms with Gasteiger partial charge in [-0.2, -0.15) is 0 Å². The molecule has 12 heavy (non-hydrogen) atoms. The van der Waals surface area contributed by atoms with Gasteiger partial charge in [0.2, 0.25) is 0 Å². The van der Waals surface area contributed by atoms with E-state index in [0.29, 0.717) is 0 Å². The molecule has 0 bridgehead atoms. The van der Waals surface area contributed by atoms with E-state index < -0.39 is 0 Å². The Morgan fingerprint density at radius 3 is 3.00 bits per heavy atom. The highest BCUT2D eigenvalue weighted by molar-refractivity contribution is 7.10. The van der Waals surface area contributed by atoms with Crippen LogP contribution >= 0.6 is 11.3 Å². The van der Waals surface area contributed by atoms with Gasteiger partial charge >= 0.3 is 0 Å². The minimum atomic E-state index is -0.326. The maximum atomic E-state index is 9.85. The molecule has 1 aromatic rings. The number of hydrogen-bond acceptors (Lipinski definition) is 2. The molecule has 1 unspecified atom stereocenters. The third-order valence-electron chi connectivity index (χ3n) is 2.24. The Hall–Kier alpha value is -0.600. The molecule has 0 radical (unpaired) electrons. The van der Waals surface area contributed by atoms with Gasteiger partial charge in [-0.25, -0.2) is 0 Å². The number of hydrogen-bond donors (Lipinski definition) is 1. The topological polar surface area (TPSA) is 20.2 Å². The van der Waals surface area contributed by atoms with Crippen LogP contribution in [-0.4, -0.2) is 5.11 Å². The first kappa shape index (κ1) is 8.02. The molecule has 1 aliphatic carbocycles. The summed E-state index contributed by atoms with van der Waals surface area (Å²) >= 11 is 1.63. The average Bonchev–Trinajstić information content (AvgIpc) is 2.77. The van der Waals surface area contributed by atoms with Crippen molar-refractivity contribution in [3.8, 4) is 0 Å². The molecule has 0 saturated heterocycles. The first-order chi connectivity index (χ1) is 5.88. The minimum Gasteiger partial charge on any atom is -0.383 e.